The van der Waals surface area contributed by atoms with Crippen molar-refractivity contribution in [2.45, 2.75) is 39.0 Å². The quantitative estimate of drug-likeness (QED) is 0.529. The summed E-state index contributed by atoms with van der Waals surface area (Å²) in [6.45, 7) is 6.31. The molecule has 1 rings (SSSR count). The summed E-state index contributed by atoms with van der Waals surface area (Å²) in [6.07, 6.45) is 6.85. The van der Waals surface area contributed by atoms with Crippen molar-refractivity contribution in [3.63, 3.8) is 0 Å². The van der Waals surface area contributed by atoms with E-state index in [1.807, 2.05) is 0 Å². The SMILES string of the molecule is CCC1CCCN(CCCCS)C1. The van der Waals surface area contributed by atoms with Gasteiger partial charge in [0.1, 0.15) is 0 Å². The Balaban J connectivity index is 2.11. The van der Waals surface area contributed by atoms with Crippen LogP contribution in [-0.4, -0.2) is 30.3 Å². The van der Waals surface area contributed by atoms with E-state index < -0.39 is 0 Å². The third kappa shape index (κ3) is 4.37. The fourth-order valence-electron chi connectivity index (χ4n) is 2.13. The van der Waals surface area contributed by atoms with Crippen LogP contribution in [0, 0.1) is 5.92 Å². The molecule has 1 aliphatic rings. The molecule has 13 heavy (non-hydrogen) atoms. The van der Waals surface area contributed by atoms with Crippen molar-refractivity contribution >= 4 is 12.6 Å². The van der Waals surface area contributed by atoms with Crippen LogP contribution in [0.25, 0.3) is 0 Å². The summed E-state index contributed by atoms with van der Waals surface area (Å²) in [4.78, 5) is 2.64. The minimum atomic E-state index is 0.977. The lowest BCUT2D eigenvalue weighted by molar-refractivity contribution is 0.170. The lowest BCUT2D eigenvalue weighted by atomic mass is 9.95. The van der Waals surface area contributed by atoms with E-state index in [-0.39, 0.29) is 0 Å². The fraction of sp³-hybridized carbons (Fsp3) is 1.00. The van der Waals surface area contributed by atoms with Gasteiger partial charge in [-0.25, -0.2) is 0 Å². The Morgan fingerprint density at radius 3 is 2.92 bits per heavy atom. The molecule has 1 saturated heterocycles. The third-order valence-corrected chi connectivity index (χ3v) is 3.38. The second-order valence-corrected chi connectivity index (χ2v) is 4.60. The van der Waals surface area contributed by atoms with Gasteiger partial charge in [0.15, 0.2) is 0 Å². The number of likely N-dealkylation sites (tertiary alicyclic amines) is 1. The van der Waals surface area contributed by atoms with Crippen LogP contribution in [0.1, 0.15) is 39.0 Å². The average molecular weight is 201 g/mol. The Hall–Kier alpha value is 0.310. The number of hydrogen-bond donors (Lipinski definition) is 1. The minimum absolute atomic E-state index is 0.977. The summed E-state index contributed by atoms with van der Waals surface area (Å²) >= 11 is 4.24. The maximum atomic E-state index is 4.24. The van der Waals surface area contributed by atoms with Gasteiger partial charge in [0, 0.05) is 6.54 Å². The maximum absolute atomic E-state index is 4.24. The summed E-state index contributed by atoms with van der Waals surface area (Å²) in [6, 6.07) is 0. The molecule has 0 spiro atoms. The number of nitrogens with zero attached hydrogens (tertiary/aromatic N) is 1. The van der Waals surface area contributed by atoms with Crippen LogP contribution < -0.4 is 0 Å². The van der Waals surface area contributed by atoms with Crippen molar-refractivity contribution in [1.82, 2.24) is 4.90 Å². The summed E-state index contributed by atoms with van der Waals surface area (Å²) in [5.41, 5.74) is 0. The first-order valence-corrected chi connectivity index (χ1v) is 6.33. The molecular weight excluding hydrogens is 178 g/mol. The Bertz CT molecular complexity index is 127. The lowest BCUT2D eigenvalue weighted by Gasteiger charge is -2.32. The lowest BCUT2D eigenvalue weighted by Crippen LogP contribution is -2.35. The van der Waals surface area contributed by atoms with Gasteiger partial charge in [-0.2, -0.15) is 12.6 Å². The Kier molecular flexibility index (Phi) is 5.88. The monoisotopic (exact) mass is 201 g/mol. The van der Waals surface area contributed by atoms with Crippen molar-refractivity contribution in [2.75, 3.05) is 25.4 Å². The Morgan fingerprint density at radius 2 is 2.23 bits per heavy atom. The van der Waals surface area contributed by atoms with E-state index in [4.69, 9.17) is 0 Å². The first-order valence-electron chi connectivity index (χ1n) is 5.70. The molecule has 0 aromatic heterocycles. The summed E-state index contributed by atoms with van der Waals surface area (Å²) in [5, 5.41) is 0. The molecule has 0 aromatic rings. The zero-order valence-electron chi connectivity index (χ0n) is 8.84. The molecule has 1 atom stereocenters. The third-order valence-electron chi connectivity index (χ3n) is 3.06. The molecule has 0 radical (unpaired) electrons. The molecule has 0 saturated carbocycles. The van der Waals surface area contributed by atoms with E-state index in [0.29, 0.717) is 0 Å². The first kappa shape index (κ1) is 11.4. The number of hydrogen-bond acceptors (Lipinski definition) is 2. The van der Waals surface area contributed by atoms with E-state index in [9.17, 15) is 0 Å². The largest absolute Gasteiger partial charge is 0.303 e. The topological polar surface area (TPSA) is 3.24 Å². The van der Waals surface area contributed by atoms with E-state index in [2.05, 4.69) is 24.5 Å². The maximum Gasteiger partial charge on any atom is 0.000956 e. The predicted octanol–water partition coefficient (Wildman–Crippen LogP) is 2.82. The van der Waals surface area contributed by atoms with Crippen LogP contribution in [0.4, 0.5) is 0 Å². The molecule has 1 unspecified atom stereocenters. The molecule has 0 N–H and O–H groups in total. The van der Waals surface area contributed by atoms with E-state index >= 15 is 0 Å². The van der Waals surface area contributed by atoms with E-state index in [1.54, 1.807) is 0 Å². The van der Waals surface area contributed by atoms with Crippen molar-refractivity contribution in [3.8, 4) is 0 Å². The van der Waals surface area contributed by atoms with Gasteiger partial charge in [0.05, 0.1) is 0 Å². The standard InChI is InChI=1S/C11H23NS/c1-2-11-6-5-8-12(10-11)7-3-4-9-13/h11,13H,2-10H2,1H3. The van der Waals surface area contributed by atoms with Gasteiger partial charge >= 0.3 is 0 Å². The molecule has 0 bridgehead atoms. The van der Waals surface area contributed by atoms with E-state index in [0.717, 1.165) is 11.7 Å². The van der Waals surface area contributed by atoms with Crippen LogP contribution in [0.15, 0.2) is 0 Å². The molecule has 1 aliphatic heterocycles. The molecule has 1 heterocycles. The van der Waals surface area contributed by atoms with E-state index in [1.165, 1.54) is 51.7 Å². The van der Waals surface area contributed by atoms with Gasteiger partial charge < -0.3 is 4.90 Å². The second kappa shape index (κ2) is 6.72. The smallest absolute Gasteiger partial charge is 0.000956 e. The van der Waals surface area contributed by atoms with Crippen LogP contribution in [0.3, 0.4) is 0 Å². The molecule has 0 aromatic carbocycles. The highest BCUT2D eigenvalue weighted by Gasteiger charge is 2.17. The number of piperidine rings is 1. The summed E-state index contributed by atoms with van der Waals surface area (Å²) in [5.74, 6) is 2.02. The number of rotatable bonds is 5. The molecule has 0 aliphatic carbocycles. The normalized spacial score (nSPS) is 24.9. The number of thiol groups is 1. The van der Waals surface area contributed by atoms with Gasteiger partial charge in [-0.3, -0.25) is 0 Å². The van der Waals surface area contributed by atoms with Crippen LogP contribution in [0.5, 0.6) is 0 Å². The highest BCUT2D eigenvalue weighted by Crippen LogP contribution is 2.19. The van der Waals surface area contributed by atoms with Gasteiger partial charge in [-0.15, -0.1) is 0 Å². The molecule has 1 nitrogen and oxygen atoms in total. The van der Waals surface area contributed by atoms with Crippen molar-refractivity contribution in [2.24, 2.45) is 5.92 Å². The summed E-state index contributed by atoms with van der Waals surface area (Å²) in [7, 11) is 0. The van der Waals surface area contributed by atoms with Gasteiger partial charge in [-0.1, -0.05) is 13.3 Å². The average Bonchev–Trinajstić information content (AvgIpc) is 2.19. The van der Waals surface area contributed by atoms with Crippen molar-refractivity contribution in [3.05, 3.63) is 0 Å². The molecular formula is C11H23NS. The second-order valence-electron chi connectivity index (χ2n) is 4.15. The minimum Gasteiger partial charge on any atom is -0.303 e. The predicted molar refractivity (Wildman–Crippen MR) is 62.5 cm³/mol. The molecule has 2 heteroatoms. The van der Waals surface area contributed by atoms with Gasteiger partial charge in [-0.05, 0) is 50.4 Å². The highest BCUT2D eigenvalue weighted by atomic mass is 32.1. The van der Waals surface area contributed by atoms with Crippen molar-refractivity contribution < 1.29 is 0 Å². The Labute approximate surface area is 88.3 Å². The van der Waals surface area contributed by atoms with Crippen LogP contribution >= 0.6 is 12.6 Å². The van der Waals surface area contributed by atoms with Gasteiger partial charge in [0.2, 0.25) is 0 Å². The first-order chi connectivity index (χ1) is 6.36. The van der Waals surface area contributed by atoms with Gasteiger partial charge in [0.25, 0.3) is 0 Å². The van der Waals surface area contributed by atoms with Crippen LogP contribution in [-0.2, 0) is 0 Å². The highest BCUT2D eigenvalue weighted by molar-refractivity contribution is 7.80. The fourth-order valence-corrected chi connectivity index (χ4v) is 2.36. The summed E-state index contributed by atoms with van der Waals surface area (Å²) < 4.78 is 0. The molecule has 0 amide bonds. The zero-order valence-corrected chi connectivity index (χ0v) is 9.73. The zero-order chi connectivity index (χ0) is 9.52. The molecule has 78 valence electrons. The van der Waals surface area contributed by atoms with Crippen LogP contribution in [0.2, 0.25) is 0 Å². The molecule has 1 fully saturated rings. The van der Waals surface area contributed by atoms with Crippen molar-refractivity contribution in [1.29, 1.82) is 0 Å². The Morgan fingerprint density at radius 1 is 1.38 bits per heavy atom. The number of unbranched alkanes of at least 4 members (excludes halogenated alkanes) is 1.